The van der Waals surface area contributed by atoms with Crippen LogP contribution in [-0.2, 0) is 25.2 Å². The molecule has 3 rings (SSSR count). The zero-order valence-corrected chi connectivity index (χ0v) is 16.1. The van der Waals surface area contributed by atoms with E-state index in [1.807, 2.05) is 0 Å². The van der Waals surface area contributed by atoms with Crippen LogP contribution in [0.2, 0.25) is 0 Å². The summed E-state index contributed by atoms with van der Waals surface area (Å²) >= 11 is 0. The lowest BCUT2D eigenvalue weighted by Gasteiger charge is -2.35. The van der Waals surface area contributed by atoms with Crippen LogP contribution in [0.3, 0.4) is 0 Å². The Balaban J connectivity index is 2.16. The van der Waals surface area contributed by atoms with Crippen molar-refractivity contribution in [2.45, 2.75) is 24.9 Å². The molecular weight excluding hydrogens is 436 g/mol. The maximum Gasteiger partial charge on any atom is 0.446 e. The Hall–Kier alpha value is -2.83. The highest BCUT2D eigenvalue weighted by Gasteiger charge is 2.65. The molecule has 0 saturated carbocycles. The Kier molecular flexibility index (Phi) is 6.16. The van der Waals surface area contributed by atoms with Crippen molar-refractivity contribution >= 4 is 17.9 Å². The van der Waals surface area contributed by atoms with Crippen molar-refractivity contribution in [1.82, 2.24) is 4.90 Å². The molecule has 2 aliphatic rings. The standard InChI is InChI=1S/C18H17F6N3O4/c1-2-30-14(28)16(18(22,23)24)25-13(11-4-3-5-12(10-11)17(19,20)21)31-15(26-16)27-6-8-29-9-7-27/h3-5,10H,2,6-9H2,1H3. The van der Waals surface area contributed by atoms with Gasteiger partial charge < -0.3 is 19.1 Å². The summed E-state index contributed by atoms with van der Waals surface area (Å²) in [4.78, 5) is 20.4. The van der Waals surface area contributed by atoms with E-state index in [-0.39, 0.29) is 26.3 Å². The van der Waals surface area contributed by atoms with Crippen molar-refractivity contribution in [3.05, 3.63) is 35.4 Å². The second kappa shape index (κ2) is 8.36. The number of carbonyl (C=O) groups is 1. The molecule has 0 radical (unpaired) electrons. The number of hydrogen-bond donors (Lipinski definition) is 0. The average Bonchev–Trinajstić information content (AvgIpc) is 2.73. The predicted octanol–water partition coefficient (Wildman–Crippen LogP) is 2.99. The molecule has 1 aromatic rings. The maximum atomic E-state index is 14.1. The molecule has 1 aromatic carbocycles. The second-order valence-corrected chi connectivity index (χ2v) is 6.48. The Morgan fingerprint density at radius 2 is 1.84 bits per heavy atom. The average molecular weight is 453 g/mol. The highest BCUT2D eigenvalue weighted by Crippen LogP contribution is 2.40. The number of hydrogen-bond acceptors (Lipinski definition) is 7. The first-order valence-corrected chi connectivity index (χ1v) is 9.10. The minimum absolute atomic E-state index is 0.0888. The number of esters is 1. The van der Waals surface area contributed by atoms with Crippen molar-refractivity contribution in [2.75, 3.05) is 32.9 Å². The number of rotatable bonds is 3. The molecule has 7 nitrogen and oxygen atoms in total. The molecule has 0 aromatic heterocycles. The Morgan fingerprint density at radius 3 is 2.42 bits per heavy atom. The summed E-state index contributed by atoms with van der Waals surface area (Å²) < 4.78 is 96.5. The number of morpholine rings is 1. The lowest BCUT2D eigenvalue weighted by atomic mass is 10.1. The lowest BCUT2D eigenvalue weighted by Crippen LogP contribution is -2.56. The van der Waals surface area contributed by atoms with Gasteiger partial charge in [-0.1, -0.05) is 6.07 Å². The van der Waals surface area contributed by atoms with Crippen molar-refractivity contribution in [2.24, 2.45) is 9.98 Å². The van der Waals surface area contributed by atoms with E-state index in [0.29, 0.717) is 6.07 Å². The van der Waals surface area contributed by atoms with Gasteiger partial charge in [-0.15, -0.1) is 0 Å². The van der Waals surface area contributed by atoms with Crippen molar-refractivity contribution in [3.8, 4) is 0 Å². The van der Waals surface area contributed by atoms with Crippen LogP contribution >= 0.6 is 0 Å². The smallest absolute Gasteiger partial charge is 0.446 e. The molecule has 2 aliphatic heterocycles. The first kappa shape index (κ1) is 22.8. The van der Waals surface area contributed by atoms with Crippen LogP contribution in [0.15, 0.2) is 34.3 Å². The molecule has 1 saturated heterocycles. The molecule has 1 fully saturated rings. The third kappa shape index (κ3) is 4.60. The van der Waals surface area contributed by atoms with Gasteiger partial charge in [-0.2, -0.15) is 36.3 Å². The summed E-state index contributed by atoms with van der Waals surface area (Å²) in [5.74, 6) is -2.66. The summed E-state index contributed by atoms with van der Waals surface area (Å²) in [6, 6.07) is 2.78. The fraction of sp³-hybridized carbons (Fsp3) is 0.500. The van der Waals surface area contributed by atoms with E-state index in [1.165, 1.54) is 11.8 Å². The molecule has 0 bridgehead atoms. The number of alkyl halides is 6. The van der Waals surface area contributed by atoms with E-state index >= 15 is 0 Å². The van der Waals surface area contributed by atoms with E-state index < -0.39 is 53.6 Å². The van der Waals surface area contributed by atoms with Crippen LogP contribution in [0.4, 0.5) is 26.3 Å². The first-order chi connectivity index (χ1) is 14.5. The van der Waals surface area contributed by atoms with Gasteiger partial charge in [-0.05, 0) is 25.1 Å². The van der Waals surface area contributed by atoms with E-state index in [2.05, 4.69) is 14.7 Å². The van der Waals surface area contributed by atoms with Gasteiger partial charge in [0.25, 0.3) is 6.02 Å². The quantitative estimate of drug-likeness (QED) is 0.520. The fourth-order valence-corrected chi connectivity index (χ4v) is 2.85. The highest BCUT2D eigenvalue weighted by atomic mass is 19.4. The number of benzene rings is 1. The molecular formula is C18H17F6N3O4. The number of amidine groups is 1. The number of halogens is 6. The molecule has 1 unspecified atom stereocenters. The van der Waals surface area contributed by atoms with E-state index in [1.54, 1.807) is 0 Å². The van der Waals surface area contributed by atoms with E-state index in [0.717, 1.165) is 18.2 Å². The van der Waals surface area contributed by atoms with Gasteiger partial charge in [0.15, 0.2) is 0 Å². The van der Waals surface area contributed by atoms with Gasteiger partial charge in [0, 0.05) is 18.7 Å². The Bertz CT molecular complexity index is 893. The van der Waals surface area contributed by atoms with Crippen LogP contribution in [0.5, 0.6) is 0 Å². The van der Waals surface area contributed by atoms with Crippen LogP contribution in [0.1, 0.15) is 18.1 Å². The summed E-state index contributed by atoms with van der Waals surface area (Å²) in [6.07, 6.45) is -10.1. The van der Waals surface area contributed by atoms with Gasteiger partial charge >= 0.3 is 24.0 Å². The normalized spacial score (nSPS) is 22.4. The molecule has 13 heteroatoms. The number of carbonyl (C=O) groups excluding carboxylic acids is 1. The molecule has 2 heterocycles. The predicted molar refractivity (Wildman–Crippen MR) is 94.3 cm³/mol. The van der Waals surface area contributed by atoms with Gasteiger partial charge in [0.05, 0.1) is 25.4 Å². The molecule has 0 N–H and O–H groups in total. The van der Waals surface area contributed by atoms with E-state index in [9.17, 15) is 31.1 Å². The molecule has 0 aliphatic carbocycles. The monoisotopic (exact) mass is 453 g/mol. The molecule has 31 heavy (non-hydrogen) atoms. The summed E-state index contributed by atoms with van der Waals surface area (Å²) in [7, 11) is 0. The topological polar surface area (TPSA) is 72.7 Å². The summed E-state index contributed by atoms with van der Waals surface area (Å²) in [6.45, 7) is 1.38. The van der Waals surface area contributed by atoms with Gasteiger partial charge in [-0.25, -0.2) is 4.79 Å². The van der Waals surface area contributed by atoms with Gasteiger partial charge in [0.2, 0.25) is 5.90 Å². The zero-order valence-electron chi connectivity index (χ0n) is 16.1. The van der Waals surface area contributed by atoms with Crippen molar-refractivity contribution < 1.29 is 45.3 Å². The van der Waals surface area contributed by atoms with E-state index in [4.69, 9.17) is 9.47 Å². The zero-order chi connectivity index (χ0) is 22.9. The molecule has 1 atom stereocenters. The lowest BCUT2D eigenvalue weighted by molar-refractivity contribution is -0.204. The van der Waals surface area contributed by atoms with Crippen LogP contribution in [0, 0.1) is 0 Å². The second-order valence-electron chi connectivity index (χ2n) is 6.48. The minimum atomic E-state index is -5.35. The van der Waals surface area contributed by atoms with Crippen LogP contribution in [0.25, 0.3) is 0 Å². The highest BCUT2D eigenvalue weighted by molar-refractivity contribution is 6.05. The molecule has 170 valence electrons. The minimum Gasteiger partial charge on any atom is -0.462 e. The summed E-state index contributed by atoms with van der Waals surface area (Å²) in [5.41, 5.74) is -5.26. The Labute approximate surface area is 172 Å². The third-order valence-corrected chi connectivity index (χ3v) is 4.38. The number of ether oxygens (including phenoxy) is 3. The third-order valence-electron chi connectivity index (χ3n) is 4.38. The molecule has 0 spiro atoms. The van der Waals surface area contributed by atoms with Crippen LogP contribution < -0.4 is 0 Å². The largest absolute Gasteiger partial charge is 0.462 e. The van der Waals surface area contributed by atoms with Gasteiger partial charge in [0.1, 0.15) is 0 Å². The van der Waals surface area contributed by atoms with Gasteiger partial charge in [-0.3, -0.25) is 0 Å². The number of nitrogens with zero attached hydrogens (tertiary/aromatic N) is 3. The first-order valence-electron chi connectivity index (χ1n) is 9.10. The number of aliphatic imine (C=N–C) groups is 2. The fourth-order valence-electron chi connectivity index (χ4n) is 2.85. The van der Waals surface area contributed by atoms with Crippen molar-refractivity contribution in [3.63, 3.8) is 0 Å². The SMILES string of the molecule is CCOC(=O)C1(C(F)(F)F)N=C(c2cccc(C(F)(F)F)c2)OC(N2CCOCC2)=N1. The Morgan fingerprint density at radius 1 is 1.16 bits per heavy atom. The summed E-state index contributed by atoms with van der Waals surface area (Å²) in [5, 5.41) is 0. The molecule has 0 amide bonds. The maximum absolute atomic E-state index is 14.1. The van der Waals surface area contributed by atoms with Crippen molar-refractivity contribution in [1.29, 1.82) is 0 Å². The van der Waals surface area contributed by atoms with Crippen LogP contribution in [-0.4, -0.2) is 67.5 Å².